The molecule has 112 valence electrons. The van der Waals surface area contributed by atoms with Crippen molar-refractivity contribution >= 4 is 5.69 Å². The highest BCUT2D eigenvalue weighted by Crippen LogP contribution is 2.22. The van der Waals surface area contributed by atoms with E-state index in [2.05, 4.69) is 67.7 Å². The van der Waals surface area contributed by atoms with Crippen molar-refractivity contribution in [1.82, 2.24) is 0 Å². The van der Waals surface area contributed by atoms with Gasteiger partial charge in [-0.1, -0.05) is 55.8 Å². The molecule has 1 nitrogen and oxygen atoms in total. The van der Waals surface area contributed by atoms with E-state index in [0.717, 1.165) is 19.4 Å². The van der Waals surface area contributed by atoms with E-state index in [0.29, 0.717) is 0 Å². The van der Waals surface area contributed by atoms with E-state index in [1.54, 1.807) is 0 Å². The molecule has 1 heteroatoms. The predicted octanol–water partition coefficient (Wildman–Crippen LogP) is 5.38. The van der Waals surface area contributed by atoms with Gasteiger partial charge in [-0.05, 0) is 55.4 Å². The van der Waals surface area contributed by atoms with Crippen molar-refractivity contribution in [1.29, 1.82) is 0 Å². The van der Waals surface area contributed by atoms with Crippen molar-refractivity contribution < 1.29 is 0 Å². The zero-order valence-corrected chi connectivity index (χ0v) is 13.4. The fraction of sp³-hybridized carbons (Fsp3) is 0.400. The predicted molar refractivity (Wildman–Crippen MR) is 93.0 cm³/mol. The third kappa shape index (κ3) is 4.93. The SMILES string of the molecule is CCCCNc1cccc(C)c1CCCc1ccccc1. The van der Waals surface area contributed by atoms with Crippen molar-refractivity contribution in [2.45, 2.75) is 46.0 Å². The highest BCUT2D eigenvalue weighted by Gasteiger charge is 2.05. The van der Waals surface area contributed by atoms with Gasteiger partial charge in [0.15, 0.2) is 0 Å². The van der Waals surface area contributed by atoms with Crippen LogP contribution in [-0.2, 0) is 12.8 Å². The van der Waals surface area contributed by atoms with Gasteiger partial charge >= 0.3 is 0 Å². The minimum atomic E-state index is 1.08. The van der Waals surface area contributed by atoms with E-state index >= 15 is 0 Å². The molecule has 0 radical (unpaired) electrons. The average molecular weight is 281 g/mol. The molecule has 0 saturated carbocycles. The summed E-state index contributed by atoms with van der Waals surface area (Å²) in [6.45, 7) is 5.53. The molecule has 2 rings (SSSR count). The molecule has 2 aromatic rings. The Hall–Kier alpha value is -1.76. The zero-order chi connectivity index (χ0) is 14.9. The summed E-state index contributed by atoms with van der Waals surface area (Å²) >= 11 is 0. The van der Waals surface area contributed by atoms with E-state index in [4.69, 9.17) is 0 Å². The van der Waals surface area contributed by atoms with Crippen LogP contribution in [0, 0.1) is 6.92 Å². The largest absolute Gasteiger partial charge is 0.385 e. The Labute approximate surface area is 129 Å². The Morgan fingerprint density at radius 3 is 2.43 bits per heavy atom. The first-order valence-corrected chi connectivity index (χ1v) is 8.17. The number of anilines is 1. The van der Waals surface area contributed by atoms with Crippen LogP contribution in [0.3, 0.4) is 0 Å². The molecule has 0 amide bonds. The topological polar surface area (TPSA) is 12.0 Å². The molecule has 0 bridgehead atoms. The van der Waals surface area contributed by atoms with Gasteiger partial charge in [0.25, 0.3) is 0 Å². The Kier molecular flexibility index (Phi) is 6.33. The highest BCUT2D eigenvalue weighted by molar-refractivity contribution is 5.54. The second-order valence-corrected chi connectivity index (χ2v) is 5.72. The smallest absolute Gasteiger partial charge is 0.0375 e. The maximum atomic E-state index is 3.60. The molecule has 0 spiro atoms. The lowest BCUT2D eigenvalue weighted by molar-refractivity contribution is 0.808. The molecule has 0 aliphatic heterocycles. The maximum absolute atomic E-state index is 3.60. The number of benzene rings is 2. The van der Waals surface area contributed by atoms with Crippen molar-refractivity contribution in [3.63, 3.8) is 0 Å². The van der Waals surface area contributed by atoms with Gasteiger partial charge in [0.05, 0.1) is 0 Å². The second-order valence-electron chi connectivity index (χ2n) is 5.72. The molecule has 0 saturated heterocycles. The average Bonchev–Trinajstić information content (AvgIpc) is 2.51. The normalized spacial score (nSPS) is 10.6. The molecule has 0 aromatic heterocycles. The van der Waals surface area contributed by atoms with Crippen LogP contribution in [0.2, 0.25) is 0 Å². The van der Waals surface area contributed by atoms with Gasteiger partial charge in [-0.15, -0.1) is 0 Å². The lowest BCUT2D eigenvalue weighted by atomic mass is 9.98. The van der Waals surface area contributed by atoms with E-state index in [9.17, 15) is 0 Å². The summed E-state index contributed by atoms with van der Waals surface area (Å²) < 4.78 is 0. The summed E-state index contributed by atoms with van der Waals surface area (Å²) in [5.74, 6) is 0. The third-order valence-corrected chi connectivity index (χ3v) is 3.99. The number of hydrogen-bond donors (Lipinski definition) is 1. The Morgan fingerprint density at radius 2 is 1.67 bits per heavy atom. The van der Waals surface area contributed by atoms with E-state index in [-0.39, 0.29) is 0 Å². The van der Waals surface area contributed by atoms with Gasteiger partial charge in [0.2, 0.25) is 0 Å². The molecule has 0 heterocycles. The molecule has 2 aromatic carbocycles. The third-order valence-electron chi connectivity index (χ3n) is 3.99. The zero-order valence-electron chi connectivity index (χ0n) is 13.4. The van der Waals surface area contributed by atoms with Gasteiger partial charge in [-0.3, -0.25) is 0 Å². The number of aryl methyl sites for hydroxylation is 2. The van der Waals surface area contributed by atoms with Crippen molar-refractivity contribution in [2.24, 2.45) is 0 Å². The Morgan fingerprint density at radius 1 is 0.857 bits per heavy atom. The summed E-state index contributed by atoms with van der Waals surface area (Å²) in [7, 11) is 0. The van der Waals surface area contributed by atoms with Gasteiger partial charge in [0.1, 0.15) is 0 Å². The first kappa shape index (κ1) is 15.6. The van der Waals surface area contributed by atoms with Crippen LogP contribution in [0.25, 0.3) is 0 Å². The number of nitrogens with one attached hydrogen (secondary N) is 1. The second kappa shape index (κ2) is 8.51. The monoisotopic (exact) mass is 281 g/mol. The van der Waals surface area contributed by atoms with E-state index in [1.165, 1.54) is 41.6 Å². The quantitative estimate of drug-likeness (QED) is 0.640. The molecule has 0 aliphatic carbocycles. The molecule has 0 atom stereocenters. The first-order valence-electron chi connectivity index (χ1n) is 8.17. The molecular weight excluding hydrogens is 254 g/mol. The van der Waals surface area contributed by atoms with Crippen LogP contribution in [0.5, 0.6) is 0 Å². The van der Waals surface area contributed by atoms with Crippen LogP contribution in [0.15, 0.2) is 48.5 Å². The van der Waals surface area contributed by atoms with E-state index < -0.39 is 0 Å². The Bertz CT molecular complexity index is 531. The van der Waals surface area contributed by atoms with Gasteiger partial charge in [0, 0.05) is 12.2 Å². The minimum Gasteiger partial charge on any atom is -0.385 e. The van der Waals surface area contributed by atoms with Gasteiger partial charge in [-0.25, -0.2) is 0 Å². The maximum Gasteiger partial charge on any atom is 0.0375 e. The van der Waals surface area contributed by atoms with Crippen molar-refractivity contribution in [3.05, 3.63) is 65.2 Å². The summed E-state index contributed by atoms with van der Waals surface area (Å²) in [5, 5.41) is 3.60. The van der Waals surface area contributed by atoms with Crippen molar-refractivity contribution in [2.75, 3.05) is 11.9 Å². The van der Waals surface area contributed by atoms with Crippen LogP contribution >= 0.6 is 0 Å². The fourth-order valence-corrected chi connectivity index (χ4v) is 2.71. The van der Waals surface area contributed by atoms with Crippen LogP contribution in [0.4, 0.5) is 5.69 Å². The summed E-state index contributed by atoms with van der Waals surface area (Å²) in [6, 6.07) is 17.4. The molecule has 21 heavy (non-hydrogen) atoms. The van der Waals surface area contributed by atoms with Crippen LogP contribution < -0.4 is 5.32 Å². The number of unbranched alkanes of at least 4 members (excludes halogenated alkanes) is 1. The standard InChI is InChI=1S/C20H27N/c1-3-4-16-21-20-15-8-10-17(2)19(20)14-9-13-18-11-6-5-7-12-18/h5-8,10-12,15,21H,3-4,9,13-14,16H2,1-2H3. The lowest BCUT2D eigenvalue weighted by Gasteiger charge is -2.14. The van der Waals surface area contributed by atoms with Gasteiger partial charge < -0.3 is 5.32 Å². The highest BCUT2D eigenvalue weighted by atomic mass is 14.9. The molecule has 1 N–H and O–H groups in total. The Balaban J connectivity index is 1.94. The molecule has 0 aliphatic rings. The van der Waals surface area contributed by atoms with Gasteiger partial charge in [-0.2, -0.15) is 0 Å². The fourth-order valence-electron chi connectivity index (χ4n) is 2.71. The summed E-state index contributed by atoms with van der Waals surface area (Å²) in [4.78, 5) is 0. The van der Waals surface area contributed by atoms with E-state index in [1.807, 2.05) is 0 Å². The summed E-state index contributed by atoms with van der Waals surface area (Å²) in [6.07, 6.45) is 5.98. The molecule has 0 unspecified atom stereocenters. The minimum absolute atomic E-state index is 1.08. The summed E-state index contributed by atoms with van der Waals surface area (Å²) in [5.41, 5.74) is 5.66. The molecular formula is C20H27N. The van der Waals surface area contributed by atoms with Crippen LogP contribution in [0.1, 0.15) is 42.9 Å². The number of rotatable bonds is 8. The van der Waals surface area contributed by atoms with Crippen LogP contribution in [-0.4, -0.2) is 6.54 Å². The lowest BCUT2D eigenvalue weighted by Crippen LogP contribution is -2.05. The molecule has 0 fully saturated rings. The number of hydrogen-bond acceptors (Lipinski definition) is 1. The van der Waals surface area contributed by atoms with Crippen molar-refractivity contribution in [3.8, 4) is 0 Å². The first-order chi connectivity index (χ1) is 10.3.